The third kappa shape index (κ3) is 2.74. The first-order valence-electron chi connectivity index (χ1n) is 6.79. The van der Waals surface area contributed by atoms with Gasteiger partial charge < -0.3 is 5.32 Å². The molecule has 2 aromatic rings. The molecule has 1 aromatic heterocycles. The number of amides is 1. The topological polar surface area (TPSA) is 57.8 Å². The molecule has 4 heteroatoms. The zero-order valence-corrected chi connectivity index (χ0v) is 12.7. The number of benzene rings is 1. The minimum Gasteiger partial charge on any atom is -0.345 e. The van der Waals surface area contributed by atoms with Crippen LogP contribution in [0.4, 0.5) is 0 Å². The van der Waals surface area contributed by atoms with E-state index in [2.05, 4.69) is 47.6 Å². The SMILES string of the molecule is Cc1ccc(C)c(C(C)NC(=O)c2c(C)n[nH]c2C)c1. The number of carbonyl (C=O) groups is 1. The second kappa shape index (κ2) is 5.49. The molecular formula is C16H21N3O. The van der Waals surface area contributed by atoms with Crippen molar-refractivity contribution in [2.75, 3.05) is 0 Å². The van der Waals surface area contributed by atoms with Gasteiger partial charge >= 0.3 is 0 Å². The molecule has 0 aliphatic heterocycles. The predicted molar refractivity (Wildman–Crippen MR) is 79.9 cm³/mol. The minimum atomic E-state index is -0.0813. The van der Waals surface area contributed by atoms with Gasteiger partial charge in [0.2, 0.25) is 0 Å². The fourth-order valence-corrected chi connectivity index (χ4v) is 2.46. The maximum atomic E-state index is 12.4. The van der Waals surface area contributed by atoms with Crippen LogP contribution in [-0.4, -0.2) is 16.1 Å². The number of aryl methyl sites for hydroxylation is 4. The van der Waals surface area contributed by atoms with Gasteiger partial charge in [0.05, 0.1) is 17.3 Å². The van der Waals surface area contributed by atoms with Gasteiger partial charge in [-0.25, -0.2) is 0 Å². The molecule has 0 saturated heterocycles. The third-order valence-electron chi connectivity index (χ3n) is 3.60. The Hall–Kier alpha value is -2.10. The molecule has 106 valence electrons. The average molecular weight is 271 g/mol. The highest BCUT2D eigenvalue weighted by molar-refractivity contribution is 5.96. The smallest absolute Gasteiger partial charge is 0.255 e. The first kappa shape index (κ1) is 14.3. The molecule has 0 aliphatic carbocycles. The largest absolute Gasteiger partial charge is 0.345 e. The number of hydrogen-bond acceptors (Lipinski definition) is 2. The number of nitrogens with one attached hydrogen (secondary N) is 2. The van der Waals surface area contributed by atoms with Gasteiger partial charge in [0.1, 0.15) is 0 Å². The van der Waals surface area contributed by atoms with Crippen LogP contribution in [0.15, 0.2) is 18.2 Å². The predicted octanol–water partition coefficient (Wildman–Crippen LogP) is 3.13. The molecule has 0 aliphatic rings. The normalized spacial score (nSPS) is 12.2. The Morgan fingerprint density at radius 3 is 2.55 bits per heavy atom. The Balaban J connectivity index is 2.22. The molecule has 1 heterocycles. The van der Waals surface area contributed by atoms with Crippen LogP contribution in [0.2, 0.25) is 0 Å². The summed E-state index contributed by atoms with van der Waals surface area (Å²) in [6.45, 7) is 9.82. The molecule has 4 nitrogen and oxygen atoms in total. The molecule has 1 amide bonds. The average Bonchev–Trinajstić information content (AvgIpc) is 2.71. The van der Waals surface area contributed by atoms with Gasteiger partial charge in [0, 0.05) is 5.69 Å². The molecule has 0 radical (unpaired) electrons. The lowest BCUT2D eigenvalue weighted by Crippen LogP contribution is -2.28. The van der Waals surface area contributed by atoms with Crippen molar-refractivity contribution in [3.63, 3.8) is 0 Å². The number of aromatic nitrogens is 2. The molecule has 1 atom stereocenters. The van der Waals surface area contributed by atoms with Crippen LogP contribution in [0.25, 0.3) is 0 Å². The second-order valence-corrected chi connectivity index (χ2v) is 5.36. The summed E-state index contributed by atoms with van der Waals surface area (Å²) in [5.74, 6) is -0.0813. The first-order chi connectivity index (χ1) is 9.40. The highest BCUT2D eigenvalue weighted by Gasteiger charge is 2.18. The van der Waals surface area contributed by atoms with Crippen molar-refractivity contribution in [1.82, 2.24) is 15.5 Å². The Kier molecular flexibility index (Phi) is 3.93. The molecular weight excluding hydrogens is 250 g/mol. The zero-order valence-electron chi connectivity index (χ0n) is 12.7. The van der Waals surface area contributed by atoms with Gasteiger partial charge in [0.15, 0.2) is 0 Å². The summed E-state index contributed by atoms with van der Waals surface area (Å²) in [4.78, 5) is 12.4. The van der Waals surface area contributed by atoms with Crippen molar-refractivity contribution in [3.8, 4) is 0 Å². The van der Waals surface area contributed by atoms with Crippen molar-refractivity contribution in [2.45, 2.75) is 40.7 Å². The number of rotatable bonds is 3. The van der Waals surface area contributed by atoms with E-state index in [9.17, 15) is 4.79 Å². The lowest BCUT2D eigenvalue weighted by atomic mass is 9.99. The summed E-state index contributed by atoms with van der Waals surface area (Å²) in [6.07, 6.45) is 0. The van der Waals surface area contributed by atoms with E-state index in [0.717, 1.165) is 17.0 Å². The van der Waals surface area contributed by atoms with Crippen molar-refractivity contribution in [1.29, 1.82) is 0 Å². The Bertz CT molecular complexity index is 624. The van der Waals surface area contributed by atoms with Crippen molar-refractivity contribution in [3.05, 3.63) is 51.8 Å². The molecule has 0 fully saturated rings. The van der Waals surface area contributed by atoms with Gasteiger partial charge in [0.25, 0.3) is 5.91 Å². The fourth-order valence-electron chi connectivity index (χ4n) is 2.46. The molecule has 1 unspecified atom stereocenters. The molecule has 0 spiro atoms. The molecule has 0 bridgehead atoms. The van der Waals surface area contributed by atoms with E-state index in [1.54, 1.807) is 0 Å². The van der Waals surface area contributed by atoms with Crippen LogP contribution >= 0.6 is 0 Å². The first-order valence-corrected chi connectivity index (χ1v) is 6.79. The van der Waals surface area contributed by atoms with Crippen LogP contribution in [0.1, 0.15) is 51.4 Å². The monoisotopic (exact) mass is 271 g/mol. The quantitative estimate of drug-likeness (QED) is 0.901. The van der Waals surface area contributed by atoms with Crippen LogP contribution < -0.4 is 5.32 Å². The molecule has 1 aromatic carbocycles. The standard InChI is InChI=1S/C16H21N3O/c1-9-6-7-10(2)14(8-9)11(3)17-16(20)15-12(4)18-19-13(15)5/h6-8,11H,1-5H3,(H,17,20)(H,18,19). The van der Waals surface area contributed by atoms with E-state index < -0.39 is 0 Å². The summed E-state index contributed by atoms with van der Waals surface area (Å²) in [5, 5.41) is 9.95. The van der Waals surface area contributed by atoms with Crippen LogP contribution in [-0.2, 0) is 0 Å². The summed E-state index contributed by atoms with van der Waals surface area (Å²) >= 11 is 0. The fraction of sp³-hybridized carbons (Fsp3) is 0.375. The summed E-state index contributed by atoms with van der Waals surface area (Å²) < 4.78 is 0. The van der Waals surface area contributed by atoms with E-state index in [0.29, 0.717) is 5.56 Å². The Morgan fingerprint density at radius 2 is 1.95 bits per heavy atom. The van der Waals surface area contributed by atoms with Crippen molar-refractivity contribution < 1.29 is 4.79 Å². The summed E-state index contributed by atoms with van der Waals surface area (Å²) in [6, 6.07) is 6.26. The molecule has 0 saturated carbocycles. The minimum absolute atomic E-state index is 0.0314. The summed E-state index contributed by atoms with van der Waals surface area (Å²) in [5.41, 5.74) is 5.70. The van der Waals surface area contributed by atoms with E-state index in [4.69, 9.17) is 0 Å². The molecule has 2 N–H and O–H groups in total. The van der Waals surface area contributed by atoms with E-state index >= 15 is 0 Å². The van der Waals surface area contributed by atoms with Crippen LogP contribution in [0, 0.1) is 27.7 Å². The zero-order chi connectivity index (χ0) is 14.9. The maximum Gasteiger partial charge on any atom is 0.255 e. The Labute approximate surface area is 119 Å². The number of aromatic amines is 1. The van der Waals surface area contributed by atoms with Gasteiger partial charge in [-0.1, -0.05) is 23.8 Å². The Morgan fingerprint density at radius 1 is 1.25 bits per heavy atom. The van der Waals surface area contributed by atoms with Gasteiger partial charge in [-0.2, -0.15) is 5.10 Å². The van der Waals surface area contributed by atoms with Crippen molar-refractivity contribution in [2.24, 2.45) is 0 Å². The second-order valence-electron chi connectivity index (χ2n) is 5.36. The molecule has 20 heavy (non-hydrogen) atoms. The van der Waals surface area contributed by atoms with E-state index in [1.807, 2.05) is 20.8 Å². The van der Waals surface area contributed by atoms with E-state index in [-0.39, 0.29) is 11.9 Å². The maximum absolute atomic E-state index is 12.4. The van der Waals surface area contributed by atoms with Crippen molar-refractivity contribution >= 4 is 5.91 Å². The number of hydrogen-bond donors (Lipinski definition) is 2. The highest BCUT2D eigenvalue weighted by Crippen LogP contribution is 2.20. The molecule has 2 rings (SSSR count). The lowest BCUT2D eigenvalue weighted by Gasteiger charge is -2.17. The lowest BCUT2D eigenvalue weighted by molar-refractivity contribution is 0.0938. The van der Waals surface area contributed by atoms with E-state index in [1.165, 1.54) is 11.1 Å². The highest BCUT2D eigenvalue weighted by atomic mass is 16.1. The summed E-state index contributed by atoms with van der Waals surface area (Å²) in [7, 11) is 0. The number of carbonyl (C=O) groups excluding carboxylic acids is 1. The van der Waals surface area contributed by atoms with Gasteiger partial charge in [-0.15, -0.1) is 0 Å². The number of H-pyrrole nitrogens is 1. The van der Waals surface area contributed by atoms with Gasteiger partial charge in [-0.3, -0.25) is 9.89 Å². The van der Waals surface area contributed by atoms with Crippen LogP contribution in [0.3, 0.4) is 0 Å². The van der Waals surface area contributed by atoms with Crippen LogP contribution in [0.5, 0.6) is 0 Å². The third-order valence-corrected chi connectivity index (χ3v) is 3.60. The van der Waals surface area contributed by atoms with Gasteiger partial charge in [-0.05, 0) is 45.7 Å². The number of nitrogens with zero attached hydrogens (tertiary/aromatic N) is 1.